The van der Waals surface area contributed by atoms with E-state index in [1.807, 2.05) is 12.1 Å². The maximum atomic E-state index is 14.7. The second-order valence-electron chi connectivity index (χ2n) is 9.21. The standard InChI is InChI=1S/C29H31FN4O4S/c30-25-6-5-21-18-23(25)24-17-20(4-7-26(24)35)8-14-32-27(36)3-1-15-34(16-2-11-33-29(21)38)28(37)19-39-22-9-12-31-13-10-22/h4-7,9-10,12-13,17-18,35H,1-3,8,11,14-16,19H2,(H,32,36)(H,33,38). The average Bonchev–Trinajstić information content (AvgIpc) is 2.94. The highest BCUT2D eigenvalue weighted by Crippen LogP contribution is 2.33. The summed E-state index contributed by atoms with van der Waals surface area (Å²) in [6.07, 6.45) is 5.14. The fourth-order valence-corrected chi connectivity index (χ4v) is 5.09. The minimum Gasteiger partial charge on any atom is -0.507 e. The molecule has 1 aromatic heterocycles. The molecule has 4 rings (SSSR count). The minimum absolute atomic E-state index is 0.0447. The first-order valence-corrected chi connectivity index (χ1v) is 13.9. The summed E-state index contributed by atoms with van der Waals surface area (Å²) in [7, 11) is 0. The van der Waals surface area contributed by atoms with Gasteiger partial charge in [0, 0.05) is 66.6 Å². The number of thioether (sulfide) groups is 1. The number of carbonyl (C=O) groups excluding carboxylic acids is 3. The molecular formula is C29H31FN4O4S. The first-order valence-electron chi connectivity index (χ1n) is 12.9. The highest BCUT2D eigenvalue weighted by Gasteiger charge is 2.17. The van der Waals surface area contributed by atoms with Crippen LogP contribution in [0.15, 0.2) is 65.8 Å². The molecule has 3 amide bonds. The van der Waals surface area contributed by atoms with Crippen LogP contribution in [0.5, 0.6) is 5.75 Å². The Labute approximate surface area is 231 Å². The zero-order valence-corrected chi connectivity index (χ0v) is 22.3. The zero-order chi connectivity index (χ0) is 27.6. The van der Waals surface area contributed by atoms with Gasteiger partial charge in [-0.2, -0.15) is 0 Å². The Balaban J connectivity index is 1.48. The van der Waals surface area contributed by atoms with E-state index < -0.39 is 5.82 Å². The maximum Gasteiger partial charge on any atom is 0.251 e. The third kappa shape index (κ3) is 8.03. The number of halogens is 1. The Morgan fingerprint density at radius 3 is 2.56 bits per heavy atom. The molecule has 10 heteroatoms. The fraction of sp³-hybridized carbons (Fsp3) is 0.310. The Bertz CT molecular complexity index is 1320. The van der Waals surface area contributed by atoms with Crippen LogP contribution in [0, 0.1) is 5.82 Å². The van der Waals surface area contributed by atoms with Crippen molar-refractivity contribution in [1.82, 2.24) is 20.5 Å². The van der Waals surface area contributed by atoms with Crippen LogP contribution in [0.2, 0.25) is 0 Å². The van der Waals surface area contributed by atoms with Gasteiger partial charge in [0.2, 0.25) is 11.8 Å². The van der Waals surface area contributed by atoms with Gasteiger partial charge in [-0.05, 0) is 67.3 Å². The van der Waals surface area contributed by atoms with E-state index in [1.54, 1.807) is 29.4 Å². The number of pyridine rings is 1. The van der Waals surface area contributed by atoms with Gasteiger partial charge in [-0.25, -0.2) is 4.39 Å². The molecule has 0 radical (unpaired) electrons. The van der Waals surface area contributed by atoms with E-state index in [2.05, 4.69) is 15.6 Å². The number of hydrogen-bond donors (Lipinski definition) is 3. The number of aromatic nitrogens is 1. The number of rotatable bonds is 3. The summed E-state index contributed by atoms with van der Waals surface area (Å²) in [5.74, 6) is -0.931. The summed E-state index contributed by atoms with van der Waals surface area (Å²) in [4.78, 5) is 44.9. The van der Waals surface area contributed by atoms with Gasteiger partial charge < -0.3 is 20.6 Å². The molecule has 0 spiro atoms. The van der Waals surface area contributed by atoms with Crippen molar-refractivity contribution < 1.29 is 23.9 Å². The lowest BCUT2D eigenvalue weighted by Gasteiger charge is -2.23. The zero-order valence-electron chi connectivity index (χ0n) is 21.5. The Morgan fingerprint density at radius 2 is 1.74 bits per heavy atom. The Kier molecular flexibility index (Phi) is 9.91. The van der Waals surface area contributed by atoms with Crippen molar-refractivity contribution in [3.05, 3.63) is 77.9 Å². The summed E-state index contributed by atoms with van der Waals surface area (Å²) in [6, 6.07) is 12.6. The van der Waals surface area contributed by atoms with Gasteiger partial charge in [-0.3, -0.25) is 19.4 Å². The molecule has 1 aliphatic heterocycles. The molecule has 0 fully saturated rings. The van der Waals surface area contributed by atoms with Crippen molar-refractivity contribution >= 4 is 29.5 Å². The number of phenolic OH excluding ortho intramolecular Hbond substituents is 1. The molecule has 2 aromatic carbocycles. The summed E-state index contributed by atoms with van der Waals surface area (Å²) in [5, 5.41) is 16.1. The van der Waals surface area contributed by atoms with Crippen molar-refractivity contribution in [3.63, 3.8) is 0 Å². The fourth-order valence-electron chi connectivity index (χ4n) is 4.30. The molecule has 8 nitrogen and oxygen atoms in total. The van der Waals surface area contributed by atoms with E-state index in [4.69, 9.17) is 0 Å². The van der Waals surface area contributed by atoms with Crippen molar-refractivity contribution in [1.29, 1.82) is 0 Å². The highest BCUT2D eigenvalue weighted by atomic mass is 32.2. The molecule has 39 heavy (non-hydrogen) atoms. The Morgan fingerprint density at radius 1 is 0.949 bits per heavy atom. The number of aromatic hydroxyl groups is 1. The van der Waals surface area contributed by atoms with E-state index in [9.17, 15) is 23.9 Å². The lowest BCUT2D eigenvalue weighted by Crippen LogP contribution is -2.37. The van der Waals surface area contributed by atoms with Crippen molar-refractivity contribution in [3.8, 4) is 16.9 Å². The van der Waals surface area contributed by atoms with Crippen molar-refractivity contribution in [2.45, 2.75) is 30.6 Å². The van der Waals surface area contributed by atoms with E-state index in [-0.39, 0.29) is 52.3 Å². The minimum atomic E-state index is -0.558. The molecule has 2 heterocycles. The summed E-state index contributed by atoms with van der Waals surface area (Å²) in [5.41, 5.74) is 1.47. The smallest absolute Gasteiger partial charge is 0.251 e. The largest absolute Gasteiger partial charge is 0.507 e. The number of benzene rings is 2. The molecule has 0 atom stereocenters. The van der Waals surface area contributed by atoms with E-state index in [1.165, 1.54) is 36.0 Å². The highest BCUT2D eigenvalue weighted by molar-refractivity contribution is 8.00. The second-order valence-corrected chi connectivity index (χ2v) is 10.3. The molecule has 0 saturated heterocycles. The van der Waals surface area contributed by atoms with Crippen LogP contribution in [-0.2, 0) is 16.0 Å². The third-order valence-corrected chi connectivity index (χ3v) is 7.40. The molecule has 4 bridgehead atoms. The first kappa shape index (κ1) is 28.1. The topological polar surface area (TPSA) is 112 Å². The van der Waals surface area contributed by atoms with Crippen LogP contribution >= 0.6 is 11.8 Å². The van der Waals surface area contributed by atoms with Gasteiger partial charge in [0.15, 0.2) is 0 Å². The van der Waals surface area contributed by atoms with Crippen LogP contribution < -0.4 is 10.6 Å². The lowest BCUT2D eigenvalue weighted by molar-refractivity contribution is -0.129. The van der Waals surface area contributed by atoms with Gasteiger partial charge in [0.05, 0.1) is 5.75 Å². The normalized spacial score (nSPS) is 15.4. The van der Waals surface area contributed by atoms with Crippen LogP contribution in [0.25, 0.3) is 11.1 Å². The van der Waals surface area contributed by atoms with Crippen LogP contribution in [-0.4, -0.2) is 64.6 Å². The first-order chi connectivity index (χ1) is 18.9. The third-order valence-electron chi connectivity index (χ3n) is 6.40. The molecule has 0 unspecified atom stereocenters. The Hall–Kier alpha value is -3.92. The predicted octanol–water partition coefficient (Wildman–Crippen LogP) is 3.79. The van der Waals surface area contributed by atoms with Gasteiger partial charge in [0.1, 0.15) is 11.6 Å². The maximum absolute atomic E-state index is 14.7. The molecule has 0 aliphatic carbocycles. The summed E-state index contributed by atoms with van der Waals surface area (Å²) >= 11 is 1.42. The van der Waals surface area contributed by atoms with Crippen LogP contribution in [0.4, 0.5) is 4.39 Å². The average molecular weight is 551 g/mol. The summed E-state index contributed by atoms with van der Waals surface area (Å²) in [6.45, 7) is 1.54. The lowest BCUT2D eigenvalue weighted by atomic mass is 9.98. The molecule has 204 valence electrons. The monoisotopic (exact) mass is 550 g/mol. The van der Waals surface area contributed by atoms with Gasteiger partial charge in [-0.15, -0.1) is 11.8 Å². The van der Waals surface area contributed by atoms with Gasteiger partial charge >= 0.3 is 0 Å². The summed E-state index contributed by atoms with van der Waals surface area (Å²) < 4.78 is 14.7. The molecule has 1 aliphatic rings. The molecular weight excluding hydrogens is 519 g/mol. The van der Waals surface area contributed by atoms with Crippen molar-refractivity contribution in [2.75, 3.05) is 31.9 Å². The number of fused-ring (bicyclic) bond motifs is 5. The predicted molar refractivity (Wildman–Crippen MR) is 148 cm³/mol. The van der Waals surface area contributed by atoms with Crippen molar-refractivity contribution in [2.24, 2.45) is 0 Å². The van der Waals surface area contributed by atoms with Crippen LogP contribution in [0.3, 0.4) is 0 Å². The van der Waals surface area contributed by atoms with E-state index >= 15 is 0 Å². The molecule has 3 N–H and O–H groups in total. The molecule has 3 aromatic rings. The van der Waals surface area contributed by atoms with Gasteiger partial charge in [0.25, 0.3) is 5.91 Å². The molecule has 0 saturated carbocycles. The van der Waals surface area contributed by atoms with E-state index in [0.717, 1.165) is 10.5 Å². The SMILES string of the molecule is O=C1CCCN(C(=O)CSc2ccncc2)CCCNC(=O)c2ccc(F)c(c2)-c2cc(ccc2O)CCN1. The second kappa shape index (κ2) is 13.7. The number of phenols is 1. The number of amides is 3. The van der Waals surface area contributed by atoms with Crippen LogP contribution in [0.1, 0.15) is 35.2 Å². The number of hydrogen-bond acceptors (Lipinski definition) is 6. The quantitative estimate of drug-likeness (QED) is 0.428. The number of carbonyl (C=O) groups is 3. The number of nitrogens with zero attached hydrogens (tertiary/aromatic N) is 2. The van der Waals surface area contributed by atoms with Gasteiger partial charge in [-0.1, -0.05) is 6.07 Å². The van der Waals surface area contributed by atoms with E-state index in [0.29, 0.717) is 45.4 Å². The number of nitrogens with one attached hydrogen (secondary N) is 2.